The molecule has 0 spiro atoms. The Labute approximate surface area is 102 Å². The second-order valence-corrected chi connectivity index (χ2v) is 4.18. The minimum absolute atomic E-state index is 0.465. The van der Waals surface area contributed by atoms with E-state index >= 15 is 0 Å². The monoisotopic (exact) mass is 281 g/mol. The topological polar surface area (TPSA) is 51.0 Å². The van der Waals surface area contributed by atoms with E-state index in [4.69, 9.17) is 4.52 Å². The highest BCUT2D eigenvalue weighted by Gasteiger charge is 2.10. The Bertz CT molecular complexity index is 470. The van der Waals surface area contributed by atoms with Crippen LogP contribution in [0, 0.1) is 0 Å². The summed E-state index contributed by atoms with van der Waals surface area (Å²) in [7, 11) is 0. The fourth-order valence-electron chi connectivity index (χ4n) is 1.28. The molecule has 0 radical (unpaired) electrons. The van der Waals surface area contributed by atoms with Crippen molar-refractivity contribution in [1.29, 1.82) is 0 Å². The number of rotatable bonds is 4. The number of halogens is 1. The first-order chi connectivity index (χ1) is 7.81. The maximum Gasteiger partial charge on any atom is 0.321 e. The lowest BCUT2D eigenvalue weighted by atomic mass is 10.2. The van der Waals surface area contributed by atoms with Crippen LogP contribution < -0.4 is 5.32 Å². The molecule has 0 amide bonds. The molecule has 0 bridgehead atoms. The van der Waals surface area contributed by atoms with E-state index in [2.05, 4.69) is 38.3 Å². The van der Waals surface area contributed by atoms with E-state index in [1.807, 2.05) is 24.3 Å². The lowest BCUT2D eigenvalue weighted by molar-refractivity contribution is 0.432. The molecule has 5 heteroatoms. The van der Waals surface area contributed by atoms with E-state index in [1.54, 1.807) is 0 Å². The Morgan fingerprint density at radius 2 is 2.19 bits per heavy atom. The Balaban J connectivity index is 2.22. The fourth-order valence-corrected chi connectivity index (χ4v) is 1.74. The number of aromatic nitrogens is 2. The zero-order chi connectivity index (χ0) is 11.4. The number of nitrogens with zero attached hydrogens (tertiary/aromatic N) is 2. The minimum atomic E-state index is 0.465. The fraction of sp³-hybridized carbons (Fsp3) is 0.273. The smallest absolute Gasteiger partial charge is 0.321 e. The molecule has 0 aliphatic rings. The largest absolute Gasteiger partial charge is 0.338 e. The van der Waals surface area contributed by atoms with Crippen LogP contribution in [0.1, 0.15) is 13.3 Å². The predicted octanol–water partition coefficient (Wildman–Crippen LogP) is 3.32. The third kappa shape index (κ3) is 2.41. The molecule has 1 heterocycles. The van der Waals surface area contributed by atoms with Gasteiger partial charge in [0.2, 0.25) is 5.82 Å². The number of nitrogens with one attached hydrogen (secondary N) is 1. The zero-order valence-corrected chi connectivity index (χ0v) is 10.5. The standard InChI is InChI=1S/C11H12BrN3O/c1-2-7-13-11-14-10(15-16-11)8-5-3-4-6-9(8)12/h3-6H,2,7H2,1H3,(H,13,14,15). The summed E-state index contributed by atoms with van der Waals surface area (Å²) in [5, 5.41) is 6.97. The average molecular weight is 282 g/mol. The molecule has 0 aliphatic carbocycles. The van der Waals surface area contributed by atoms with E-state index < -0.39 is 0 Å². The molecule has 0 saturated carbocycles. The van der Waals surface area contributed by atoms with Gasteiger partial charge in [-0.2, -0.15) is 4.98 Å². The lowest BCUT2D eigenvalue weighted by Crippen LogP contribution is -1.99. The van der Waals surface area contributed by atoms with Gasteiger partial charge >= 0.3 is 6.01 Å². The van der Waals surface area contributed by atoms with E-state index in [0.717, 1.165) is 23.0 Å². The summed E-state index contributed by atoms with van der Waals surface area (Å²) in [6.07, 6.45) is 1.02. The van der Waals surface area contributed by atoms with Crippen LogP contribution in [0.3, 0.4) is 0 Å². The highest BCUT2D eigenvalue weighted by molar-refractivity contribution is 9.10. The normalized spacial score (nSPS) is 10.4. The van der Waals surface area contributed by atoms with Crippen molar-refractivity contribution < 1.29 is 4.52 Å². The number of hydrogen-bond acceptors (Lipinski definition) is 4. The Kier molecular flexibility index (Phi) is 3.56. The van der Waals surface area contributed by atoms with E-state index in [1.165, 1.54) is 0 Å². The quantitative estimate of drug-likeness (QED) is 0.934. The molecule has 1 aromatic heterocycles. The second kappa shape index (κ2) is 5.12. The van der Waals surface area contributed by atoms with Gasteiger partial charge in [-0.15, -0.1) is 0 Å². The van der Waals surface area contributed by atoms with Gasteiger partial charge in [0.25, 0.3) is 0 Å². The molecule has 2 rings (SSSR count). The summed E-state index contributed by atoms with van der Waals surface area (Å²) < 4.78 is 6.04. The van der Waals surface area contributed by atoms with Crippen molar-refractivity contribution in [3.63, 3.8) is 0 Å². The maximum absolute atomic E-state index is 5.08. The molecule has 0 atom stereocenters. The maximum atomic E-state index is 5.08. The van der Waals surface area contributed by atoms with Gasteiger partial charge in [0.1, 0.15) is 0 Å². The zero-order valence-electron chi connectivity index (χ0n) is 8.90. The molecule has 0 aliphatic heterocycles. The summed E-state index contributed by atoms with van der Waals surface area (Å²) in [4.78, 5) is 4.26. The van der Waals surface area contributed by atoms with Gasteiger partial charge in [0.05, 0.1) is 0 Å². The number of hydrogen-bond donors (Lipinski definition) is 1. The summed E-state index contributed by atoms with van der Waals surface area (Å²) in [6.45, 7) is 2.91. The van der Waals surface area contributed by atoms with E-state index in [9.17, 15) is 0 Å². The van der Waals surface area contributed by atoms with Gasteiger partial charge in [-0.05, 0) is 18.6 Å². The highest BCUT2D eigenvalue weighted by Crippen LogP contribution is 2.26. The van der Waals surface area contributed by atoms with Gasteiger partial charge in [0, 0.05) is 16.6 Å². The Morgan fingerprint density at radius 1 is 1.38 bits per heavy atom. The number of anilines is 1. The highest BCUT2D eigenvalue weighted by atomic mass is 79.9. The van der Waals surface area contributed by atoms with Crippen molar-refractivity contribution >= 4 is 21.9 Å². The molecular weight excluding hydrogens is 270 g/mol. The second-order valence-electron chi connectivity index (χ2n) is 3.33. The average Bonchev–Trinajstić information content (AvgIpc) is 2.75. The molecule has 1 N–H and O–H groups in total. The van der Waals surface area contributed by atoms with Crippen LogP contribution in [-0.2, 0) is 0 Å². The summed E-state index contributed by atoms with van der Waals surface area (Å²) >= 11 is 3.45. The molecule has 2 aromatic rings. The molecule has 16 heavy (non-hydrogen) atoms. The van der Waals surface area contributed by atoms with Crippen LogP contribution in [0.25, 0.3) is 11.4 Å². The van der Waals surface area contributed by atoms with Crippen molar-refractivity contribution in [3.8, 4) is 11.4 Å². The van der Waals surface area contributed by atoms with Crippen molar-refractivity contribution in [2.75, 3.05) is 11.9 Å². The van der Waals surface area contributed by atoms with E-state index in [0.29, 0.717) is 11.8 Å². The molecular formula is C11H12BrN3O. The van der Waals surface area contributed by atoms with Crippen LogP contribution in [0.2, 0.25) is 0 Å². The molecule has 0 fully saturated rings. The van der Waals surface area contributed by atoms with Crippen LogP contribution >= 0.6 is 15.9 Å². The molecule has 0 saturated heterocycles. The summed E-state index contributed by atoms with van der Waals surface area (Å²) in [6, 6.07) is 8.25. The molecule has 1 aromatic carbocycles. The predicted molar refractivity (Wildman–Crippen MR) is 66.2 cm³/mol. The van der Waals surface area contributed by atoms with Crippen LogP contribution in [0.5, 0.6) is 0 Å². The van der Waals surface area contributed by atoms with Crippen LogP contribution in [-0.4, -0.2) is 16.7 Å². The first-order valence-electron chi connectivity index (χ1n) is 5.13. The molecule has 0 unspecified atom stereocenters. The van der Waals surface area contributed by atoms with Crippen LogP contribution in [0.15, 0.2) is 33.3 Å². The van der Waals surface area contributed by atoms with E-state index in [-0.39, 0.29) is 0 Å². The van der Waals surface area contributed by atoms with Crippen molar-refractivity contribution in [2.24, 2.45) is 0 Å². The third-order valence-electron chi connectivity index (χ3n) is 2.07. The third-order valence-corrected chi connectivity index (χ3v) is 2.76. The molecule has 4 nitrogen and oxygen atoms in total. The van der Waals surface area contributed by atoms with Gasteiger partial charge in [0.15, 0.2) is 0 Å². The first-order valence-corrected chi connectivity index (χ1v) is 5.93. The van der Waals surface area contributed by atoms with Crippen molar-refractivity contribution in [2.45, 2.75) is 13.3 Å². The molecule has 84 valence electrons. The van der Waals surface area contributed by atoms with Crippen molar-refractivity contribution in [3.05, 3.63) is 28.7 Å². The summed E-state index contributed by atoms with van der Waals surface area (Å²) in [5.41, 5.74) is 0.927. The van der Waals surface area contributed by atoms with Gasteiger partial charge < -0.3 is 9.84 Å². The lowest BCUT2D eigenvalue weighted by Gasteiger charge is -1.96. The summed E-state index contributed by atoms with van der Waals surface area (Å²) in [5.74, 6) is 0.589. The number of benzene rings is 1. The van der Waals surface area contributed by atoms with Crippen LogP contribution in [0.4, 0.5) is 6.01 Å². The van der Waals surface area contributed by atoms with Gasteiger partial charge in [-0.3, -0.25) is 0 Å². The Hall–Kier alpha value is -1.36. The van der Waals surface area contributed by atoms with Gasteiger partial charge in [-0.25, -0.2) is 0 Å². The SMILES string of the molecule is CCCNc1nc(-c2ccccc2Br)no1. The first kappa shape index (κ1) is 11.1. The minimum Gasteiger partial charge on any atom is -0.338 e. The Morgan fingerprint density at radius 3 is 2.94 bits per heavy atom. The van der Waals surface area contributed by atoms with Crippen molar-refractivity contribution in [1.82, 2.24) is 10.1 Å². The van der Waals surface area contributed by atoms with Gasteiger partial charge in [-0.1, -0.05) is 40.1 Å².